The molecule has 0 aliphatic heterocycles. The van der Waals surface area contributed by atoms with Crippen molar-refractivity contribution in [3.05, 3.63) is 99.9 Å². The molecule has 1 fully saturated rings. The quantitative estimate of drug-likeness (QED) is 0.223. The van der Waals surface area contributed by atoms with Crippen molar-refractivity contribution >= 4 is 23.2 Å². The highest BCUT2D eigenvalue weighted by molar-refractivity contribution is 6.27. The van der Waals surface area contributed by atoms with Gasteiger partial charge in [-0.3, -0.25) is 19.3 Å². The fourth-order valence-corrected chi connectivity index (χ4v) is 8.11. The minimum Gasteiger partial charge on any atom is -0.486 e. The van der Waals surface area contributed by atoms with Gasteiger partial charge in [0.2, 0.25) is 5.78 Å². The van der Waals surface area contributed by atoms with Crippen LogP contribution in [-0.4, -0.2) is 73.3 Å². The van der Waals surface area contributed by atoms with Crippen molar-refractivity contribution in [2.45, 2.75) is 44.6 Å². The van der Waals surface area contributed by atoms with Gasteiger partial charge in [-0.05, 0) is 56.1 Å². The number of nitrogens with zero attached hydrogens (tertiary/aromatic N) is 4. The smallest absolute Gasteiger partial charge is 0.265 e. The molecule has 11 heteroatoms. The summed E-state index contributed by atoms with van der Waals surface area (Å²) in [4.78, 5) is 53.2. The van der Waals surface area contributed by atoms with Gasteiger partial charge < -0.3 is 23.6 Å². The monoisotopic (exact) mass is 664 g/mol. The number of anilines is 1. The van der Waals surface area contributed by atoms with Crippen LogP contribution in [0.25, 0.3) is 0 Å². The van der Waals surface area contributed by atoms with E-state index in [1.165, 1.54) is 7.11 Å². The minimum absolute atomic E-state index is 0.00487. The summed E-state index contributed by atoms with van der Waals surface area (Å²) in [6.07, 6.45) is 0.755. The predicted octanol–water partition coefficient (Wildman–Crippen LogP) is 5.05. The number of hydrogen-bond donors (Lipinski definition) is 0. The highest BCUT2D eigenvalue weighted by Gasteiger charge is 2.68. The molecule has 7 rings (SSSR count). The molecular weight excluding hydrogens is 624 g/mol. The van der Waals surface area contributed by atoms with Gasteiger partial charge in [0.1, 0.15) is 24.6 Å². The maximum absolute atomic E-state index is 15.0. The summed E-state index contributed by atoms with van der Waals surface area (Å²) in [5.74, 6) is -2.38. The second kappa shape index (κ2) is 12.5. The number of ketones is 3. The number of methoxy groups -OCH3 is 1. The molecule has 0 radical (unpaired) electrons. The van der Waals surface area contributed by atoms with Gasteiger partial charge in [0.05, 0.1) is 23.2 Å². The highest BCUT2D eigenvalue weighted by atomic mass is 16.5. The molecule has 49 heavy (non-hydrogen) atoms. The van der Waals surface area contributed by atoms with Gasteiger partial charge in [0, 0.05) is 32.7 Å². The van der Waals surface area contributed by atoms with Crippen molar-refractivity contribution in [3.63, 3.8) is 0 Å². The van der Waals surface area contributed by atoms with Gasteiger partial charge >= 0.3 is 0 Å². The van der Waals surface area contributed by atoms with Crippen molar-refractivity contribution in [1.29, 1.82) is 0 Å². The predicted molar refractivity (Wildman–Crippen MR) is 180 cm³/mol. The first-order chi connectivity index (χ1) is 23.6. The Morgan fingerprint density at radius 3 is 2.12 bits per heavy atom. The fourth-order valence-electron chi connectivity index (χ4n) is 8.11. The highest BCUT2D eigenvalue weighted by Crippen LogP contribution is 2.57. The average Bonchev–Trinajstić information content (AvgIpc) is 3.51. The zero-order valence-electron chi connectivity index (χ0n) is 28.6. The van der Waals surface area contributed by atoms with Gasteiger partial charge in [-0.15, -0.1) is 0 Å². The third-order valence-corrected chi connectivity index (χ3v) is 10.2. The molecule has 254 valence electrons. The first-order valence-electron chi connectivity index (χ1n) is 16.5. The summed E-state index contributed by atoms with van der Waals surface area (Å²) in [5, 5.41) is 4.17. The molecule has 2 aromatic heterocycles. The number of rotatable bonds is 9. The van der Waals surface area contributed by atoms with Gasteiger partial charge in [-0.2, -0.15) is 0 Å². The molecule has 0 N–H and O–H groups in total. The van der Waals surface area contributed by atoms with Crippen molar-refractivity contribution in [3.8, 4) is 11.6 Å². The number of carbonyl (C=O) groups excluding carboxylic acids is 3. The summed E-state index contributed by atoms with van der Waals surface area (Å²) in [6, 6.07) is 18.6. The molecule has 2 heterocycles. The largest absolute Gasteiger partial charge is 0.486 e. The van der Waals surface area contributed by atoms with Crippen LogP contribution in [0, 0.1) is 24.7 Å². The molecule has 0 spiro atoms. The Morgan fingerprint density at radius 2 is 1.53 bits per heavy atom. The van der Waals surface area contributed by atoms with Crippen molar-refractivity contribution in [2.24, 2.45) is 17.8 Å². The Kier molecular flexibility index (Phi) is 8.36. The normalized spacial score (nSPS) is 24.2. The Bertz CT molecular complexity index is 1920. The second-order valence-corrected chi connectivity index (χ2v) is 13.6. The molecule has 1 saturated carbocycles. The number of fused-ring (bicyclic) bond motifs is 4. The number of pyridine rings is 1. The number of benzene rings is 2. The van der Waals surface area contributed by atoms with Crippen LogP contribution >= 0.6 is 0 Å². The van der Waals surface area contributed by atoms with E-state index in [0.717, 1.165) is 16.7 Å². The van der Waals surface area contributed by atoms with E-state index in [9.17, 15) is 9.59 Å². The van der Waals surface area contributed by atoms with E-state index in [2.05, 4.69) is 5.16 Å². The maximum atomic E-state index is 15.0. The maximum Gasteiger partial charge on any atom is 0.265 e. The molecule has 0 bridgehead atoms. The van der Waals surface area contributed by atoms with E-state index >= 15 is 4.79 Å². The topological polar surface area (TPSA) is 124 Å². The summed E-state index contributed by atoms with van der Waals surface area (Å²) in [6.45, 7) is 2.17. The molecule has 3 aliphatic carbocycles. The number of hydrogen-bond acceptors (Lipinski definition) is 11. The van der Waals surface area contributed by atoms with Crippen LogP contribution in [0.3, 0.4) is 0 Å². The van der Waals surface area contributed by atoms with Crippen LogP contribution in [0.1, 0.15) is 61.3 Å². The van der Waals surface area contributed by atoms with Crippen molar-refractivity contribution in [1.82, 2.24) is 15.0 Å². The van der Waals surface area contributed by atoms with E-state index in [1.807, 2.05) is 98.7 Å². The number of ether oxygens (including phenoxy) is 3. The minimum atomic E-state index is -1.95. The lowest BCUT2D eigenvalue weighted by Crippen LogP contribution is -2.67. The molecule has 11 nitrogen and oxygen atoms in total. The first kappa shape index (κ1) is 32.7. The number of Topliss-reactive ketones (excluding diaryl/α,β-unsaturated/α-hetero) is 3. The van der Waals surface area contributed by atoms with Crippen LogP contribution in [-0.2, 0) is 29.2 Å². The average molecular weight is 665 g/mol. The molecule has 3 aliphatic rings. The zero-order chi connectivity index (χ0) is 34.6. The van der Waals surface area contributed by atoms with E-state index in [4.69, 9.17) is 23.7 Å². The Morgan fingerprint density at radius 1 is 0.898 bits per heavy atom. The first-order valence-corrected chi connectivity index (χ1v) is 16.5. The lowest BCUT2D eigenvalue weighted by molar-refractivity contribution is -0.159. The van der Waals surface area contributed by atoms with Crippen LogP contribution < -0.4 is 14.4 Å². The van der Waals surface area contributed by atoms with E-state index in [0.29, 0.717) is 41.4 Å². The second-order valence-electron chi connectivity index (χ2n) is 13.6. The Labute approximate surface area is 285 Å². The molecule has 5 unspecified atom stereocenters. The molecular formula is C38H40N4O7. The summed E-state index contributed by atoms with van der Waals surface area (Å²) < 4.78 is 24.3. The number of carbonyl (C=O) groups is 3. The van der Waals surface area contributed by atoms with E-state index in [1.54, 1.807) is 6.92 Å². The van der Waals surface area contributed by atoms with E-state index in [-0.39, 0.29) is 30.4 Å². The fraction of sp³-hybridized carbons (Fsp3) is 0.395. The molecule has 5 atom stereocenters. The van der Waals surface area contributed by atoms with Crippen LogP contribution in [0.5, 0.6) is 11.6 Å². The SMILES string of the molecule is COC12C(=O)c3c(OCc4ccccc4)noc3C(N(C)C)C1CC1Cc3c(N(C)C)nc(C)c(OCc4ccccc4)c3C(=O)C1C2=O. The molecule has 4 aromatic rings. The third kappa shape index (κ3) is 5.14. The summed E-state index contributed by atoms with van der Waals surface area (Å²) in [5.41, 5.74) is 1.56. The zero-order valence-corrected chi connectivity index (χ0v) is 28.6. The Hall–Kier alpha value is -4.87. The lowest BCUT2D eigenvalue weighted by atomic mass is 9.54. The van der Waals surface area contributed by atoms with Gasteiger partial charge in [0.15, 0.2) is 28.7 Å². The molecule has 2 aromatic carbocycles. The van der Waals surface area contributed by atoms with Crippen molar-refractivity contribution < 1.29 is 33.1 Å². The van der Waals surface area contributed by atoms with Crippen molar-refractivity contribution in [2.75, 3.05) is 40.2 Å². The van der Waals surface area contributed by atoms with Gasteiger partial charge in [-0.1, -0.05) is 60.7 Å². The van der Waals surface area contributed by atoms with Crippen LogP contribution in [0.2, 0.25) is 0 Å². The number of aromatic nitrogens is 2. The van der Waals surface area contributed by atoms with E-state index < -0.39 is 41.0 Å². The van der Waals surface area contributed by atoms with Crippen LogP contribution in [0.4, 0.5) is 5.82 Å². The van der Waals surface area contributed by atoms with Gasteiger partial charge in [-0.25, -0.2) is 4.98 Å². The molecule has 0 saturated heterocycles. The lowest BCUT2D eigenvalue weighted by Gasteiger charge is -2.52. The standard InChI is InChI=1S/C38H40N4O7/c1-21-32(47-19-22-13-9-7-10-14-22)28-25(36(39-21)42(4)5)17-24-18-26-30(41(2)3)33-29(35(45)38(26,46-6)34(44)27(24)31(28)43)37(40-49-33)48-20-23-15-11-8-12-16-23/h7-16,24,26-27,30H,17-20H2,1-6H3. The van der Waals surface area contributed by atoms with Crippen LogP contribution in [0.15, 0.2) is 65.2 Å². The summed E-state index contributed by atoms with van der Waals surface area (Å²) in [7, 11) is 8.87. The third-order valence-electron chi connectivity index (χ3n) is 10.2. The molecule has 0 amide bonds. The van der Waals surface area contributed by atoms with Gasteiger partial charge in [0.25, 0.3) is 5.88 Å². The Balaban J connectivity index is 1.31. The summed E-state index contributed by atoms with van der Waals surface area (Å²) >= 11 is 0. The number of aryl methyl sites for hydroxylation is 1.